The van der Waals surface area contributed by atoms with Gasteiger partial charge in [0.05, 0.1) is 31.2 Å². The topological polar surface area (TPSA) is 73.0 Å². The molecule has 6 heteroatoms. The Kier molecular flexibility index (Phi) is 4.70. The van der Waals surface area contributed by atoms with Gasteiger partial charge < -0.3 is 9.73 Å². The fourth-order valence-corrected chi connectivity index (χ4v) is 1.71. The number of rotatable bonds is 6. The fourth-order valence-electron chi connectivity index (χ4n) is 1.71. The Morgan fingerprint density at radius 2 is 2.20 bits per heavy atom. The van der Waals surface area contributed by atoms with Crippen LogP contribution in [0.25, 0.3) is 6.08 Å². The van der Waals surface area contributed by atoms with E-state index in [1.807, 2.05) is 13.8 Å². The lowest BCUT2D eigenvalue weighted by Gasteiger charge is -2.20. The van der Waals surface area contributed by atoms with Gasteiger partial charge in [0.2, 0.25) is 5.91 Å². The van der Waals surface area contributed by atoms with Gasteiger partial charge >= 0.3 is 0 Å². The maximum atomic E-state index is 11.9. The van der Waals surface area contributed by atoms with Crippen LogP contribution in [0.1, 0.15) is 19.6 Å². The zero-order valence-corrected chi connectivity index (χ0v) is 11.6. The largest absolute Gasteiger partial charge is 0.465 e. The molecule has 1 unspecified atom stereocenters. The number of carbonyl (C=O) groups is 1. The highest BCUT2D eigenvalue weighted by Crippen LogP contribution is 2.05. The molecular formula is C14H18N4O2. The Labute approximate surface area is 117 Å². The number of aromatic nitrogens is 3. The fraction of sp³-hybridized carbons (Fsp3) is 0.357. The zero-order chi connectivity index (χ0) is 14.4. The van der Waals surface area contributed by atoms with Crippen molar-refractivity contribution < 1.29 is 9.21 Å². The second-order valence-corrected chi connectivity index (χ2v) is 4.79. The lowest BCUT2D eigenvalue weighted by Crippen LogP contribution is -2.41. The van der Waals surface area contributed by atoms with E-state index in [-0.39, 0.29) is 17.9 Å². The highest BCUT2D eigenvalue weighted by atomic mass is 16.3. The molecule has 20 heavy (non-hydrogen) atoms. The molecule has 0 aliphatic heterocycles. The standard InChI is InChI=1S/C14H18N4O2/c1-11(2)13(10-18-15-7-8-16-18)17-14(19)6-5-12-4-3-9-20-12/h3-9,11,13H,10H2,1-2H3,(H,17,19)/b6-5+. The van der Waals surface area contributed by atoms with Crippen molar-refractivity contribution in [1.29, 1.82) is 0 Å². The second kappa shape index (κ2) is 6.70. The first-order valence-corrected chi connectivity index (χ1v) is 6.51. The van der Waals surface area contributed by atoms with Crippen molar-refractivity contribution >= 4 is 12.0 Å². The summed E-state index contributed by atoms with van der Waals surface area (Å²) in [5.74, 6) is 0.768. The molecule has 2 rings (SSSR count). The average Bonchev–Trinajstić information content (AvgIpc) is 3.08. The van der Waals surface area contributed by atoms with Crippen LogP contribution in [0, 0.1) is 5.92 Å². The smallest absolute Gasteiger partial charge is 0.244 e. The highest BCUT2D eigenvalue weighted by Gasteiger charge is 2.16. The number of hydrogen-bond acceptors (Lipinski definition) is 4. The molecular weight excluding hydrogens is 256 g/mol. The quantitative estimate of drug-likeness (QED) is 0.814. The van der Waals surface area contributed by atoms with Crippen LogP contribution in [-0.2, 0) is 11.3 Å². The summed E-state index contributed by atoms with van der Waals surface area (Å²) >= 11 is 0. The van der Waals surface area contributed by atoms with E-state index in [2.05, 4.69) is 15.5 Å². The molecule has 0 aliphatic rings. The lowest BCUT2D eigenvalue weighted by atomic mass is 10.0. The zero-order valence-electron chi connectivity index (χ0n) is 11.6. The molecule has 1 amide bonds. The molecule has 0 aromatic carbocycles. The van der Waals surface area contributed by atoms with Crippen molar-refractivity contribution in [1.82, 2.24) is 20.3 Å². The Morgan fingerprint density at radius 3 is 2.80 bits per heavy atom. The number of nitrogens with zero attached hydrogens (tertiary/aromatic N) is 3. The first-order chi connectivity index (χ1) is 9.65. The number of hydrogen-bond donors (Lipinski definition) is 1. The first-order valence-electron chi connectivity index (χ1n) is 6.51. The van der Waals surface area contributed by atoms with Gasteiger partial charge in [0, 0.05) is 6.08 Å². The molecule has 106 valence electrons. The van der Waals surface area contributed by atoms with E-state index in [1.54, 1.807) is 41.7 Å². The van der Waals surface area contributed by atoms with Gasteiger partial charge in [-0.25, -0.2) is 0 Å². The van der Waals surface area contributed by atoms with Crippen molar-refractivity contribution in [2.24, 2.45) is 5.92 Å². The van der Waals surface area contributed by atoms with Gasteiger partial charge in [0.15, 0.2) is 0 Å². The highest BCUT2D eigenvalue weighted by molar-refractivity contribution is 5.91. The van der Waals surface area contributed by atoms with Crippen molar-refractivity contribution in [3.05, 3.63) is 42.6 Å². The van der Waals surface area contributed by atoms with E-state index in [4.69, 9.17) is 4.42 Å². The third-order valence-corrected chi connectivity index (χ3v) is 2.90. The van der Waals surface area contributed by atoms with E-state index in [0.29, 0.717) is 12.3 Å². The molecule has 1 atom stereocenters. The maximum Gasteiger partial charge on any atom is 0.244 e. The molecule has 2 heterocycles. The molecule has 6 nitrogen and oxygen atoms in total. The molecule has 2 aromatic rings. The van der Waals surface area contributed by atoms with E-state index in [0.717, 1.165) is 0 Å². The van der Waals surface area contributed by atoms with Gasteiger partial charge in [0.1, 0.15) is 5.76 Å². The predicted molar refractivity (Wildman–Crippen MR) is 74.5 cm³/mol. The molecule has 0 spiro atoms. The summed E-state index contributed by atoms with van der Waals surface area (Å²) in [5.41, 5.74) is 0. The molecule has 0 radical (unpaired) electrons. The van der Waals surface area contributed by atoms with E-state index >= 15 is 0 Å². The van der Waals surface area contributed by atoms with Gasteiger partial charge in [0.25, 0.3) is 0 Å². The van der Waals surface area contributed by atoms with Crippen molar-refractivity contribution in [3.8, 4) is 0 Å². The molecule has 1 N–H and O–H groups in total. The van der Waals surface area contributed by atoms with Crippen LogP contribution in [0.4, 0.5) is 0 Å². The van der Waals surface area contributed by atoms with Gasteiger partial charge in [-0.15, -0.1) is 0 Å². The average molecular weight is 274 g/mol. The van der Waals surface area contributed by atoms with E-state index < -0.39 is 0 Å². The molecule has 0 fully saturated rings. The van der Waals surface area contributed by atoms with Crippen LogP contribution < -0.4 is 5.32 Å². The molecule has 0 saturated carbocycles. The Hall–Kier alpha value is -2.37. The van der Waals surface area contributed by atoms with Gasteiger partial charge in [-0.2, -0.15) is 15.0 Å². The van der Waals surface area contributed by atoms with Crippen molar-refractivity contribution in [3.63, 3.8) is 0 Å². The number of furan rings is 1. The minimum absolute atomic E-state index is 0.0313. The predicted octanol–water partition coefficient (Wildman–Crippen LogP) is 1.73. The monoisotopic (exact) mass is 274 g/mol. The lowest BCUT2D eigenvalue weighted by molar-refractivity contribution is -0.117. The van der Waals surface area contributed by atoms with Gasteiger partial charge in [-0.1, -0.05) is 13.8 Å². The van der Waals surface area contributed by atoms with Gasteiger partial charge in [-0.3, -0.25) is 4.79 Å². The summed E-state index contributed by atoms with van der Waals surface area (Å²) in [5, 5.41) is 11.1. The Bertz CT molecular complexity index is 544. The van der Waals surface area contributed by atoms with Gasteiger partial charge in [-0.05, 0) is 24.1 Å². The van der Waals surface area contributed by atoms with Crippen LogP contribution in [-0.4, -0.2) is 26.9 Å². The Morgan fingerprint density at radius 1 is 1.45 bits per heavy atom. The molecule has 0 saturated heterocycles. The third kappa shape index (κ3) is 4.08. The van der Waals surface area contributed by atoms with E-state index in [9.17, 15) is 4.79 Å². The minimum Gasteiger partial charge on any atom is -0.465 e. The minimum atomic E-state index is -0.160. The van der Waals surface area contributed by atoms with E-state index in [1.165, 1.54) is 6.08 Å². The summed E-state index contributed by atoms with van der Waals surface area (Å²) in [6.45, 7) is 4.64. The summed E-state index contributed by atoms with van der Waals surface area (Å²) in [7, 11) is 0. The molecule has 2 aromatic heterocycles. The maximum absolute atomic E-state index is 11.9. The summed E-state index contributed by atoms with van der Waals surface area (Å²) in [6, 6.07) is 3.53. The van der Waals surface area contributed by atoms with Crippen LogP contribution >= 0.6 is 0 Å². The summed E-state index contributed by atoms with van der Waals surface area (Å²) in [6.07, 6.45) is 7.91. The normalized spacial score (nSPS) is 12.9. The Balaban J connectivity index is 1.92. The second-order valence-electron chi connectivity index (χ2n) is 4.79. The van der Waals surface area contributed by atoms with Crippen LogP contribution in [0.2, 0.25) is 0 Å². The first kappa shape index (κ1) is 14.0. The summed E-state index contributed by atoms with van der Waals surface area (Å²) in [4.78, 5) is 13.5. The molecule has 0 aliphatic carbocycles. The third-order valence-electron chi connectivity index (χ3n) is 2.90. The SMILES string of the molecule is CC(C)C(Cn1nccn1)NC(=O)/C=C/c1ccco1. The number of amides is 1. The number of nitrogens with one attached hydrogen (secondary N) is 1. The van der Waals surface area contributed by atoms with Crippen molar-refractivity contribution in [2.75, 3.05) is 0 Å². The molecule has 0 bridgehead atoms. The summed E-state index contributed by atoms with van der Waals surface area (Å²) < 4.78 is 5.13. The van der Waals surface area contributed by atoms with Crippen LogP contribution in [0.3, 0.4) is 0 Å². The number of carbonyl (C=O) groups excluding carboxylic acids is 1. The van der Waals surface area contributed by atoms with Crippen molar-refractivity contribution in [2.45, 2.75) is 26.4 Å². The van der Waals surface area contributed by atoms with Crippen LogP contribution in [0.15, 0.2) is 41.3 Å². The van der Waals surface area contributed by atoms with Crippen LogP contribution in [0.5, 0.6) is 0 Å².